The summed E-state index contributed by atoms with van der Waals surface area (Å²) in [6.45, 7) is 1.91. The number of rotatable bonds is 4. The van der Waals surface area contributed by atoms with E-state index in [1.807, 2.05) is 12.3 Å². The van der Waals surface area contributed by atoms with Gasteiger partial charge in [0, 0.05) is 27.6 Å². The number of Topliss-reactive ketones (excluding diaryl/α,β-unsaturated/α-hetero) is 1. The molecule has 0 aliphatic heterocycles. The van der Waals surface area contributed by atoms with Crippen LogP contribution in [0.25, 0.3) is 0 Å². The average molecular weight is 247 g/mol. The largest absolute Gasteiger partial charge is 0.300 e. The molecule has 0 spiro atoms. The van der Waals surface area contributed by atoms with Gasteiger partial charge in [0.15, 0.2) is 0 Å². The highest BCUT2D eigenvalue weighted by atomic mass is 79.9. The maximum atomic E-state index is 11.0. The molecule has 0 saturated carbocycles. The summed E-state index contributed by atoms with van der Waals surface area (Å²) in [4.78, 5) is 12.3. The fraction of sp³-hybridized carbons (Fsp3) is 0.444. The normalized spacial score (nSPS) is 10.2. The fourth-order valence-corrected chi connectivity index (χ4v) is 2.38. The summed E-state index contributed by atoms with van der Waals surface area (Å²) < 4.78 is 1.12. The van der Waals surface area contributed by atoms with E-state index < -0.39 is 0 Å². The third-order valence-electron chi connectivity index (χ3n) is 1.67. The van der Waals surface area contributed by atoms with E-state index in [1.54, 1.807) is 11.3 Å². The van der Waals surface area contributed by atoms with Gasteiger partial charge in [-0.1, -0.05) is 6.92 Å². The molecular formula is C9H11BrOS. The number of carbonyl (C=O) groups is 1. The lowest BCUT2D eigenvalue weighted by molar-refractivity contribution is -0.118. The van der Waals surface area contributed by atoms with Gasteiger partial charge in [-0.3, -0.25) is 4.79 Å². The van der Waals surface area contributed by atoms with Crippen LogP contribution in [0.5, 0.6) is 0 Å². The topological polar surface area (TPSA) is 17.1 Å². The van der Waals surface area contributed by atoms with E-state index in [2.05, 4.69) is 22.0 Å². The first-order valence-corrected chi connectivity index (χ1v) is 5.64. The fourth-order valence-electron chi connectivity index (χ4n) is 0.924. The first-order chi connectivity index (χ1) is 5.72. The molecule has 1 aromatic heterocycles. The molecule has 0 aliphatic rings. The molecule has 0 radical (unpaired) electrons. The Kier molecular flexibility index (Phi) is 3.95. The van der Waals surface area contributed by atoms with Gasteiger partial charge in [-0.15, -0.1) is 11.3 Å². The van der Waals surface area contributed by atoms with Gasteiger partial charge in [0.2, 0.25) is 0 Å². The van der Waals surface area contributed by atoms with Crippen LogP contribution in [-0.2, 0) is 11.2 Å². The summed E-state index contributed by atoms with van der Waals surface area (Å²) in [5.74, 6) is 0.347. The van der Waals surface area contributed by atoms with Crippen LogP contribution in [0.1, 0.15) is 24.6 Å². The molecule has 0 amide bonds. The van der Waals surface area contributed by atoms with Crippen molar-refractivity contribution < 1.29 is 4.79 Å². The summed E-state index contributed by atoms with van der Waals surface area (Å²) in [5.41, 5.74) is 0. The second kappa shape index (κ2) is 4.77. The Labute approximate surface area is 84.9 Å². The van der Waals surface area contributed by atoms with Crippen molar-refractivity contribution in [3.63, 3.8) is 0 Å². The Morgan fingerprint density at radius 2 is 2.42 bits per heavy atom. The van der Waals surface area contributed by atoms with Crippen molar-refractivity contribution >= 4 is 33.0 Å². The van der Waals surface area contributed by atoms with Gasteiger partial charge in [0.25, 0.3) is 0 Å². The van der Waals surface area contributed by atoms with Gasteiger partial charge < -0.3 is 0 Å². The monoisotopic (exact) mass is 246 g/mol. The molecule has 0 unspecified atom stereocenters. The maximum Gasteiger partial charge on any atom is 0.132 e. The first-order valence-electron chi connectivity index (χ1n) is 3.97. The Balaban J connectivity index is 2.38. The van der Waals surface area contributed by atoms with Crippen LogP contribution in [-0.4, -0.2) is 5.78 Å². The van der Waals surface area contributed by atoms with Crippen molar-refractivity contribution in [2.75, 3.05) is 0 Å². The molecule has 3 heteroatoms. The molecule has 1 rings (SSSR count). The van der Waals surface area contributed by atoms with Gasteiger partial charge in [-0.25, -0.2) is 0 Å². The van der Waals surface area contributed by atoms with Gasteiger partial charge in [-0.2, -0.15) is 0 Å². The zero-order valence-corrected chi connectivity index (χ0v) is 9.37. The standard InChI is InChI=1S/C9H11BrOS/c1-2-8(11)3-4-9-5-7(10)6-12-9/h5-6H,2-4H2,1H3. The van der Waals surface area contributed by atoms with Crippen molar-refractivity contribution in [1.82, 2.24) is 0 Å². The number of thiophene rings is 1. The lowest BCUT2D eigenvalue weighted by atomic mass is 10.1. The van der Waals surface area contributed by atoms with Gasteiger partial charge in [0.05, 0.1) is 0 Å². The Morgan fingerprint density at radius 3 is 2.92 bits per heavy atom. The van der Waals surface area contributed by atoms with E-state index in [9.17, 15) is 4.79 Å². The number of halogens is 1. The molecule has 0 N–H and O–H groups in total. The second-order valence-electron chi connectivity index (χ2n) is 2.62. The van der Waals surface area contributed by atoms with Crippen LogP contribution in [0.2, 0.25) is 0 Å². The number of hydrogen-bond acceptors (Lipinski definition) is 2. The molecule has 1 nitrogen and oxygen atoms in total. The lowest BCUT2D eigenvalue weighted by Gasteiger charge is -1.93. The lowest BCUT2D eigenvalue weighted by Crippen LogP contribution is -1.95. The van der Waals surface area contributed by atoms with Crippen LogP contribution >= 0.6 is 27.3 Å². The molecule has 0 saturated heterocycles. The van der Waals surface area contributed by atoms with E-state index in [0.717, 1.165) is 10.9 Å². The van der Waals surface area contributed by atoms with E-state index in [1.165, 1.54) is 4.88 Å². The average Bonchev–Trinajstić information content (AvgIpc) is 2.47. The Bertz CT molecular complexity index is 267. The van der Waals surface area contributed by atoms with Crippen molar-refractivity contribution in [1.29, 1.82) is 0 Å². The Morgan fingerprint density at radius 1 is 1.67 bits per heavy atom. The smallest absolute Gasteiger partial charge is 0.132 e. The minimum atomic E-state index is 0.347. The zero-order valence-electron chi connectivity index (χ0n) is 6.97. The van der Waals surface area contributed by atoms with Crippen molar-refractivity contribution in [3.05, 3.63) is 20.8 Å². The summed E-state index contributed by atoms with van der Waals surface area (Å²) in [7, 11) is 0. The first kappa shape index (κ1) is 9.93. The zero-order chi connectivity index (χ0) is 8.97. The highest BCUT2D eigenvalue weighted by Crippen LogP contribution is 2.20. The van der Waals surface area contributed by atoms with Gasteiger partial charge >= 0.3 is 0 Å². The minimum absolute atomic E-state index is 0.347. The maximum absolute atomic E-state index is 11.0. The molecule has 1 aromatic rings. The van der Waals surface area contributed by atoms with E-state index in [0.29, 0.717) is 18.6 Å². The van der Waals surface area contributed by atoms with Gasteiger partial charge in [-0.05, 0) is 28.4 Å². The molecular weight excluding hydrogens is 236 g/mol. The molecule has 0 bridgehead atoms. The predicted octanol–water partition coefficient (Wildman–Crippen LogP) is 3.42. The van der Waals surface area contributed by atoms with Crippen molar-refractivity contribution in [2.45, 2.75) is 26.2 Å². The quantitative estimate of drug-likeness (QED) is 0.796. The van der Waals surface area contributed by atoms with Gasteiger partial charge in [0.1, 0.15) is 5.78 Å². The van der Waals surface area contributed by atoms with E-state index >= 15 is 0 Å². The second-order valence-corrected chi connectivity index (χ2v) is 4.53. The summed E-state index contributed by atoms with van der Waals surface area (Å²) in [5, 5.41) is 2.05. The number of ketones is 1. The number of hydrogen-bond donors (Lipinski definition) is 0. The van der Waals surface area contributed by atoms with Crippen LogP contribution in [0, 0.1) is 0 Å². The van der Waals surface area contributed by atoms with E-state index in [4.69, 9.17) is 0 Å². The molecule has 0 aliphatic carbocycles. The molecule has 66 valence electrons. The van der Waals surface area contributed by atoms with Crippen molar-refractivity contribution in [3.8, 4) is 0 Å². The highest BCUT2D eigenvalue weighted by Gasteiger charge is 2.01. The van der Waals surface area contributed by atoms with Crippen LogP contribution in [0.3, 0.4) is 0 Å². The van der Waals surface area contributed by atoms with Crippen LogP contribution in [0.15, 0.2) is 15.9 Å². The summed E-state index contributed by atoms with van der Waals surface area (Å²) in [6, 6.07) is 2.08. The Hall–Kier alpha value is -0.150. The number of carbonyl (C=O) groups excluding carboxylic acids is 1. The third-order valence-corrected chi connectivity index (χ3v) is 3.42. The van der Waals surface area contributed by atoms with Crippen molar-refractivity contribution in [2.24, 2.45) is 0 Å². The summed E-state index contributed by atoms with van der Waals surface area (Å²) >= 11 is 5.08. The van der Waals surface area contributed by atoms with Crippen LogP contribution in [0.4, 0.5) is 0 Å². The van der Waals surface area contributed by atoms with Crippen LogP contribution < -0.4 is 0 Å². The van der Waals surface area contributed by atoms with E-state index in [-0.39, 0.29) is 0 Å². The minimum Gasteiger partial charge on any atom is -0.300 e. The third kappa shape index (κ3) is 3.07. The molecule has 0 fully saturated rings. The SMILES string of the molecule is CCC(=O)CCc1cc(Br)cs1. The number of aryl methyl sites for hydroxylation is 1. The molecule has 12 heavy (non-hydrogen) atoms. The highest BCUT2D eigenvalue weighted by molar-refractivity contribution is 9.10. The summed E-state index contributed by atoms with van der Waals surface area (Å²) in [6.07, 6.45) is 2.24. The predicted molar refractivity (Wildman–Crippen MR) is 55.6 cm³/mol. The molecule has 0 aromatic carbocycles. The molecule has 1 heterocycles. The molecule has 0 atom stereocenters.